The fraction of sp³-hybridized carbons (Fsp3) is 0.217. The van der Waals surface area contributed by atoms with Gasteiger partial charge >= 0.3 is 5.97 Å². The highest BCUT2D eigenvalue weighted by Gasteiger charge is 2.28. The number of aromatic nitrogens is 1. The molecule has 0 unspecified atom stereocenters. The second-order valence-corrected chi connectivity index (χ2v) is 8.60. The normalized spacial score (nSPS) is 14.2. The lowest BCUT2D eigenvalue weighted by molar-refractivity contribution is 0.0703. The average molecular weight is 420 g/mol. The second-order valence-electron chi connectivity index (χ2n) is 7.60. The molecule has 0 bridgehead atoms. The number of pyridine rings is 1. The Bertz CT molecular complexity index is 1260. The molecule has 152 valence electrons. The molecule has 4 heterocycles. The van der Waals surface area contributed by atoms with Crippen LogP contribution in [0.2, 0.25) is 0 Å². The number of anilines is 1. The lowest BCUT2D eigenvalue weighted by Crippen LogP contribution is -2.31. The standard InChI is InChI=1S/C23H21N3O3S/c1-13-7-8-17(29-13)18-15-12-26(11-14-5-3-2-4-6-14)10-9-16(15)25-22-19(18)20(24)21(30-22)23(27)28/h2-8H,9-12,24H2,1H3,(H,27,28). The second kappa shape index (κ2) is 7.27. The third kappa shape index (κ3) is 3.16. The molecule has 0 fully saturated rings. The Hall–Kier alpha value is -3.16. The van der Waals surface area contributed by atoms with Gasteiger partial charge in [-0.25, -0.2) is 9.78 Å². The van der Waals surface area contributed by atoms with E-state index in [1.165, 1.54) is 5.56 Å². The zero-order valence-corrected chi connectivity index (χ0v) is 17.3. The first kappa shape index (κ1) is 18.8. The largest absolute Gasteiger partial charge is 0.477 e. The molecule has 0 saturated heterocycles. The van der Waals surface area contributed by atoms with Gasteiger partial charge in [0.1, 0.15) is 21.2 Å². The van der Waals surface area contributed by atoms with E-state index in [1.54, 1.807) is 0 Å². The Morgan fingerprint density at radius 3 is 2.77 bits per heavy atom. The molecule has 3 aromatic heterocycles. The highest BCUT2D eigenvalue weighted by Crippen LogP contribution is 2.43. The highest BCUT2D eigenvalue weighted by molar-refractivity contribution is 7.21. The summed E-state index contributed by atoms with van der Waals surface area (Å²) in [5.41, 5.74) is 10.8. The van der Waals surface area contributed by atoms with Gasteiger partial charge in [-0.05, 0) is 30.2 Å². The van der Waals surface area contributed by atoms with Crippen molar-refractivity contribution in [3.63, 3.8) is 0 Å². The van der Waals surface area contributed by atoms with Crippen LogP contribution in [0.3, 0.4) is 0 Å². The maximum absolute atomic E-state index is 11.7. The minimum Gasteiger partial charge on any atom is -0.477 e. The number of hydrogen-bond acceptors (Lipinski definition) is 6. The van der Waals surface area contributed by atoms with Crippen molar-refractivity contribution >= 4 is 33.2 Å². The summed E-state index contributed by atoms with van der Waals surface area (Å²) in [5, 5.41) is 10.3. The molecule has 1 aliphatic rings. The Balaban J connectivity index is 1.67. The summed E-state index contributed by atoms with van der Waals surface area (Å²) in [6.45, 7) is 4.34. The van der Waals surface area contributed by atoms with Crippen LogP contribution in [-0.4, -0.2) is 27.5 Å². The molecule has 0 spiro atoms. The lowest BCUT2D eigenvalue weighted by Gasteiger charge is -2.29. The monoisotopic (exact) mass is 419 g/mol. The topological polar surface area (TPSA) is 92.6 Å². The van der Waals surface area contributed by atoms with Crippen LogP contribution in [0.1, 0.15) is 32.3 Å². The molecule has 0 amide bonds. The smallest absolute Gasteiger partial charge is 0.348 e. The Morgan fingerprint density at radius 1 is 1.27 bits per heavy atom. The van der Waals surface area contributed by atoms with Gasteiger partial charge in [0, 0.05) is 42.7 Å². The number of aryl methyl sites for hydroxylation is 1. The number of fused-ring (bicyclic) bond motifs is 2. The van der Waals surface area contributed by atoms with Crippen molar-refractivity contribution in [2.24, 2.45) is 0 Å². The number of rotatable bonds is 4. The predicted molar refractivity (Wildman–Crippen MR) is 118 cm³/mol. The van der Waals surface area contributed by atoms with Crippen LogP contribution in [0.5, 0.6) is 0 Å². The van der Waals surface area contributed by atoms with Crippen molar-refractivity contribution in [3.05, 3.63) is 69.9 Å². The van der Waals surface area contributed by atoms with E-state index in [1.807, 2.05) is 25.1 Å². The number of carbonyl (C=O) groups is 1. The van der Waals surface area contributed by atoms with Crippen LogP contribution in [0.15, 0.2) is 46.9 Å². The molecular weight excluding hydrogens is 398 g/mol. The highest BCUT2D eigenvalue weighted by atomic mass is 32.1. The van der Waals surface area contributed by atoms with Crippen LogP contribution in [-0.2, 0) is 19.5 Å². The van der Waals surface area contributed by atoms with Gasteiger partial charge in [0.2, 0.25) is 0 Å². The van der Waals surface area contributed by atoms with Gasteiger partial charge < -0.3 is 15.3 Å². The summed E-state index contributed by atoms with van der Waals surface area (Å²) in [6.07, 6.45) is 0.797. The van der Waals surface area contributed by atoms with Crippen molar-refractivity contribution in [1.82, 2.24) is 9.88 Å². The fourth-order valence-electron chi connectivity index (χ4n) is 4.16. The maximum Gasteiger partial charge on any atom is 0.348 e. The van der Waals surface area contributed by atoms with E-state index >= 15 is 0 Å². The summed E-state index contributed by atoms with van der Waals surface area (Å²) in [7, 11) is 0. The predicted octanol–water partition coefficient (Wildman–Crippen LogP) is 4.70. The minimum absolute atomic E-state index is 0.130. The number of aromatic carboxylic acids is 1. The van der Waals surface area contributed by atoms with Gasteiger partial charge in [0.15, 0.2) is 0 Å². The summed E-state index contributed by atoms with van der Waals surface area (Å²) < 4.78 is 5.98. The van der Waals surface area contributed by atoms with Gasteiger partial charge in [-0.3, -0.25) is 4.90 Å². The van der Waals surface area contributed by atoms with Crippen LogP contribution in [0.4, 0.5) is 5.69 Å². The molecule has 0 atom stereocenters. The molecule has 3 N–H and O–H groups in total. The summed E-state index contributed by atoms with van der Waals surface area (Å²) >= 11 is 1.13. The number of nitrogens with zero attached hydrogens (tertiary/aromatic N) is 2. The van der Waals surface area contributed by atoms with Crippen LogP contribution < -0.4 is 5.73 Å². The molecule has 1 aliphatic heterocycles. The Morgan fingerprint density at radius 2 is 2.07 bits per heavy atom. The lowest BCUT2D eigenvalue weighted by atomic mass is 9.95. The molecular formula is C23H21N3O3S. The number of thiophene rings is 1. The number of carboxylic acid groups (broad SMARTS) is 1. The van der Waals surface area contributed by atoms with Crippen LogP contribution in [0, 0.1) is 6.92 Å². The number of hydrogen-bond donors (Lipinski definition) is 2. The molecule has 7 heteroatoms. The van der Waals surface area contributed by atoms with Gasteiger partial charge in [0.05, 0.1) is 5.69 Å². The van der Waals surface area contributed by atoms with Crippen molar-refractivity contribution in [3.8, 4) is 11.3 Å². The van der Waals surface area contributed by atoms with Crippen LogP contribution in [0.25, 0.3) is 21.5 Å². The molecule has 1 aromatic carbocycles. The van der Waals surface area contributed by atoms with E-state index in [0.29, 0.717) is 22.5 Å². The number of nitrogens with two attached hydrogens (primary N) is 1. The van der Waals surface area contributed by atoms with E-state index in [9.17, 15) is 9.90 Å². The number of furan rings is 1. The number of nitrogen functional groups attached to an aromatic ring is 1. The van der Waals surface area contributed by atoms with Crippen LogP contribution >= 0.6 is 11.3 Å². The molecule has 30 heavy (non-hydrogen) atoms. The molecule has 4 aromatic rings. The summed E-state index contributed by atoms with van der Waals surface area (Å²) in [4.78, 5) is 19.7. The van der Waals surface area contributed by atoms with Gasteiger partial charge in [0.25, 0.3) is 0 Å². The third-order valence-corrected chi connectivity index (χ3v) is 6.63. The SMILES string of the molecule is Cc1ccc(-c2c3c(nc4sc(C(=O)O)c(N)c24)CCN(Cc2ccccc2)C3)o1. The van der Waals surface area contributed by atoms with E-state index in [2.05, 4.69) is 29.2 Å². The Kier molecular flexibility index (Phi) is 4.56. The molecule has 5 rings (SSSR count). The van der Waals surface area contributed by atoms with Gasteiger partial charge in [-0.15, -0.1) is 11.3 Å². The van der Waals surface area contributed by atoms with E-state index < -0.39 is 5.97 Å². The first-order chi connectivity index (χ1) is 14.5. The Labute approximate surface area is 177 Å². The minimum atomic E-state index is -1.03. The number of benzene rings is 1. The molecule has 0 aliphatic carbocycles. The maximum atomic E-state index is 11.7. The van der Waals surface area contributed by atoms with Gasteiger partial charge in [-0.2, -0.15) is 0 Å². The van der Waals surface area contributed by atoms with E-state index in [4.69, 9.17) is 15.1 Å². The zero-order valence-electron chi connectivity index (χ0n) is 16.5. The molecule has 6 nitrogen and oxygen atoms in total. The van der Waals surface area contributed by atoms with E-state index in [-0.39, 0.29) is 10.6 Å². The third-order valence-electron chi connectivity index (χ3n) is 5.54. The first-order valence-electron chi connectivity index (χ1n) is 9.81. The molecule has 0 radical (unpaired) electrons. The summed E-state index contributed by atoms with van der Waals surface area (Å²) in [6, 6.07) is 14.2. The van der Waals surface area contributed by atoms with Gasteiger partial charge in [-0.1, -0.05) is 30.3 Å². The number of carboxylic acids is 1. The molecule has 0 saturated carbocycles. The fourth-order valence-corrected chi connectivity index (χ4v) is 5.12. The average Bonchev–Trinajstić information content (AvgIpc) is 3.30. The van der Waals surface area contributed by atoms with E-state index in [0.717, 1.165) is 53.4 Å². The zero-order chi connectivity index (χ0) is 20.8. The van der Waals surface area contributed by atoms with Crippen molar-refractivity contribution in [2.75, 3.05) is 12.3 Å². The van der Waals surface area contributed by atoms with Crippen molar-refractivity contribution < 1.29 is 14.3 Å². The summed E-state index contributed by atoms with van der Waals surface area (Å²) in [5.74, 6) is 0.479. The first-order valence-corrected chi connectivity index (χ1v) is 10.6. The van der Waals surface area contributed by atoms with Crippen molar-refractivity contribution in [2.45, 2.75) is 26.4 Å². The van der Waals surface area contributed by atoms with Crippen molar-refractivity contribution in [1.29, 1.82) is 0 Å². The quantitative estimate of drug-likeness (QED) is 0.498.